The van der Waals surface area contributed by atoms with Crippen molar-refractivity contribution in [3.8, 4) is 17.1 Å². The van der Waals surface area contributed by atoms with Gasteiger partial charge in [0.25, 0.3) is 5.91 Å². The van der Waals surface area contributed by atoms with E-state index in [0.29, 0.717) is 16.0 Å². The van der Waals surface area contributed by atoms with Crippen molar-refractivity contribution in [3.63, 3.8) is 0 Å². The second-order valence-electron chi connectivity index (χ2n) is 5.27. The Hall–Kier alpha value is -3.05. The smallest absolute Gasteiger partial charge is 0.251 e. The molecule has 0 saturated carbocycles. The van der Waals surface area contributed by atoms with E-state index in [-0.39, 0.29) is 17.2 Å². The molecule has 2 heterocycles. The van der Waals surface area contributed by atoms with Crippen LogP contribution in [0.3, 0.4) is 0 Å². The topological polar surface area (TPSA) is 138 Å². The number of nitrogens with one attached hydrogen (secondary N) is 1. The van der Waals surface area contributed by atoms with Gasteiger partial charge in [0.15, 0.2) is 5.82 Å². The molecule has 2 amide bonds. The Labute approximate surface area is 162 Å². The molecule has 0 unspecified atom stereocenters. The highest BCUT2D eigenvalue weighted by Crippen LogP contribution is 2.25. The molecule has 0 fully saturated rings. The molecule has 5 N–H and O–H groups in total. The fourth-order valence-electron chi connectivity index (χ4n) is 2.21. The molecule has 0 atom stereocenters. The monoisotopic (exact) mass is 404 g/mol. The summed E-state index contributed by atoms with van der Waals surface area (Å²) in [6.45, 7) is 0. The van der Waals surface area contributed by atoms with Crippen molar-refractivity contribution in [2.24, 2.45) is 5.73 Å². The number of carbonyl (C=O) groups excluding carboxylic acids is 2. The zero-order chi connectivity index (χ0) is 19.4. The zero-order valence-electron chi connectivity index (χ0n) is 14.2. The number of methoxy groups -OCH3 is 1. The molecular formula is C16H16N6O3S2. The van der Waals surface area contributed by atoms with Crippen LogP contribution >= 0.6 is 23.1 Å². The predicted molar refractivity (Wildman–Crippen MR) is 104 cm³/mol. The van der Waals surface area contributed by atoms with Crippen LogP contribution in [0.4, 0.5) is 5.00 Å². The maximum Gasteiger partial charge on any atom is 0.251 e. The number of thioether (sulfide) groups is 1. The van der Waals surface area contributed by atoms with E-state index < -0.39 is 5.91 Å². The van der Waals surface area contributed by atoms with Gasteiger partial charge in [-0.25, -0.2) is 4.68 Å². The largest absolute Gasteiger partial charge is 0.497 e. The molecule has 1 aromatic carbocycles. The summed E-state index contributed by atoms with van der Waals surface area (Å²) >= 11 is 2.36. The summed E-state index contributed by atoms with van der Waals surface area (Å²) in [6.07, 6.45) is 0. The first-order valence-corrected chi connectivity index (χ1v) is 9.51. The molecule has 0 saturated heterocycles. The number of anilines is 1. The van der Waals surface area contributed by atoms with Gasteiger partial charge < -0.3 is 21.6 Å². The summed E-state index contributed by atoms with van der Waals surface area (Å²) in [7, 11) is 1.59. The lowest BCUT2D eigenvalue weighted by Gasteiger charge is -2.06. The number of ether oxygens (including phenoxy) is 1. The molecule has 0 bridgehead atoms. The van der Waals surface area contributed by atoms with Gasteiger partial charge in [0.1, 0.15) is 10.8 Å². The van der Waals surface area contributed by atoms with Crippen molar-refractivity contribution in [3.05, 3.63) is 41.3 Å². The van der Waals surface area contributed by atoms with E-state index in [1.54, 1.807) is 30.7 Å². The molecule has 3 rings (SSSR count). The average molecular weight is 404 g/mol. The highest BCUT2D eigenvalue weighted by atomic mass is 32.2. The number of nitrogen functional groups attached to an aromatic ring is 1. The first-order valence-electron chi connectivity index (χ1n) is 7.64. The lowest BCUT2D eigenvalue weighted by atomic mass is 10.2. The number of hydrogen-bond donors (Lipinski definition) is 3. The van der Waals surface area contributed by atoms with Gasteiger partial charge in [-0.15, -0.1) is 21.5 Å². The number of aromatic nitrogens is 3. The van der Waals surface area contributed by atoms with Gasteiger partial charge in [-0.05, 0) is 35.7 Å². The van der Waals surface area contributed by atoms with Gasteiger partial charge in [0.2, 0.25) is 11.1 Å². The number of amides is 2. The fourth-order valence-corrected chi connectivity index (χ4v) is 3.67. The van der Waals surface area contributed by atoms with E-state index in [0.717, 1.165) is 23.1 Å². The first kappa shape index (κ1) is 18.7. The highest BCUT2D eigenvalue weighted by molar-refractivity contribution is 7.99. The van der Waals surface area contributed by atoms with Crippen LogP contribution in [0.15, 0.2) is 40.9 Å². The molecule has 3 aromatic rings. The third-order valence-corrected chi connectivity index (χ3v) is 5.30. The van der Waals surface area contributed by atoms with Gasteiger partial charge in [-0.1, -0.05) is 11.8 Å². The number of rotatable bonds is 7. The zero-order valence-corrected chi connectivity index (χ0v) is 15.8. The molecule has 27 heavy (non-hydrogen) atoms. The van der Waals surface area contributed by atoms with Crippen LogP contribution in [0.1, 0.15) is 10.4 Å². The van der Waals surface area contributed by atoms with Gasteiger partial charge >= 0.3 is 0 Å². The highest BCUT2D eigenvalue weighted by Gasteiger charge is 2.16. The molecule has 0 radical (unpaired) electrons. The van der Waals surface area contributed by atoms with Crippen LogP contribution in [0.25, 0.3) is 11.4 Å². The maximum atomic E-state index is 12.1. The van der Waals surface area contributed by atoms with Crippen molar-refractivity contribution in [1.29, 1.82) is 0 Å². The predicted octanol–water partition coefficient (Wildman–Crippen LogP) is 1.56. The molecule has 11 heteroatoms. The summed E-state index contributed by atoms with van der Waals surface area (Å²) in [5.41, 5.74) is 6.31. The molecule has 140 valence electrons. The Balaban J connectivity index is 1.64. The Bertz CT molecular complexity index is 967. The van der Waals surface area contributed by atoms with E-state index in [9.17, 15) is 9.59 Å². The van der Waals surface area contributed by atoms with Crippen LogP contribution in [0.5, 0.6) is 5.75 Å². The Kier molecular flexibility index (Phi) is 5.62. The maximum absolute atomic E-state index is 12.1. The van der Waals surface area contributed by atoms with E-state index in [1.165, 1.54) is 16.0 Å². The summed E-state index contributed by atoms with van der Waals surface area (Å²) in [4.78, 5) is 23.4. The minimum Gasteiger partial charge on any atom is -0.497 e. The minimum absolute atomic E-state index is 0.0497. The van der Waals surface area contributed by atoms with E-state index >= 15 is 0 Å². The number of carbonyl (C=O) groups is 2. The second-order valence-corrected chi connectivity index (χ2v) is 7.13. The number of primary amides is 1. The summed E-state index contributed by atoms with van der Waals surface area (Å²) in [5.74, 6) is 6.38. The molecule has 0 aliphatic carbocycles. The van der Waals surface area contributed by atoms with Gasteiger partial charge in [0, 0.05) is 5.56 Å². The lowest BCUT2D eigenvalue weighted by molar-refractivity contribution is -0.113. The fraction of sp³-hybridized carbons (Fsp3) is 0.125. The number of hydrogen-bond acceptors (Lipinski definition) is 8. The van der Waals surface area contributed by atoms with Crippen LogP contribution in [0.2, 0.25) is 0 Å². The molecular weight excluding hydrogens is 388 g/mol. The quantitative estimate of drug-likeness (QED) is 0.401. The van der Waals surface area contributed by atoms with Crippen LogP contribution in [-0.4, -0.2) is 39.6 Å². The van der Waals surface area contributed by atoms with Gasteiger partial charge in [-0.3, -0.25) is 9.59 Å². The van der Waals surface area contributed by atoms with Crippen LogP contribution < -0.4 is 21.6 Å². The van der Waals surface area contributed by atoms with Crippen molar-refractivity contribution in [2.75, 3.05) is 24.0 Å². The Morgan fingerprint density at radius 3 is 2.67 bits per heavy atom. The number of nitrogens with zero attached hydrogens (tertiary/aromatic N) is 3. The first-order chi connectivity index (χ1) is 13.0. The normalized spacial score (nSPS) is 10.6. The van der Waals surface area contributed by atoms with Gasteiger partial charge in [0.05, 0.1) is 18.4 Å². The van der Waals surface area contributed by atoms with E-state index in [2.05, 4.69) is 15.5 Å². The summed E-state index contributed by atoms with van der Waals surface area (Å²) < 4.78 is 6.44. The SMILES string of the molecule is COc1ccc(-c2nnc(SCC(=O)Nc3sccc3C(N)=O)n2N)cc1. The molecule has 9 nitrogen and oxygen atoms in total. The summed E-state index contributed by atoms with van der Waals surface area (Å²) in [5, 5.41) is 13.2. The third-order valence-electron chi connectivity index (χ3n) is 3.53. The Morgan fingerprint density at radius 2 is 2.00 bits per heavy atom. The second kappa shape index (κ2) is 8.10. The van der Waals surface area contributed by atoms with E-state index in [4.69, 9.17) is 16.3 Å². The molecule has 0 aliphatic rings. The molecule has 0 aliphatic heterocycles. The average Bonchev–Trinajstić information content (AvgIpc) is 3.27. The van der Waals surface area contributed by atoms with E-state index in [1.807, 2.05) is 12.1 Å². The van der Waals surface area contributed by atoms with Gasteiger partial charge in [-0.2, -0.15) is 0 Å². The van der Waals surface area contributed by atoms with Crippen molar-refractivity contribution in [1.82, 2.24) is 14.9 Å². The minimum atomic E-state index is -0.593. The summed E-state index contributed by atoms with van der Waals surface area (Å²) in [6, 6.07) is 8.78. The van der Waals surface area contributed by atoms with Crippen molar-refractivity contribution >= 4 is 39.9 Å². The van der Waals surface area contributed by atoms with Crippen LogP contribution in [-0.2, 0) is 4.79 Å². The van der Waals surface area contributed by atoms with Crippen molar-refractivity contribution in [2.45, 2.75) is 5.16 Å². The standard InChI is InChI=1S/C16H16N6O3S2/c1-25-10-4-2-9(3-5-10)14-20-21-16(22(14)18)27-8-12(23)19-15-11(13(17)24)6-7-26-15/h2-7H,8,18H2,1H3,(H2,17,24)(H,19,23). The number of nitrogens with two attached hydrogens (primary N) is 2. The number of thiophene rings is 1. The molecule has 0 spiro atoms. The van der Waals surface area contributed by atoms with Crippen LogP contribution in [0, 0.1) is 0 Å². The third kappa shape index (κ3) is 4.20. The van der Waals surface area contributed by atoms with Crippen molar-refractivity contribution < 1.29 is 14.3 Å². The Morgan fingerprint density at radius 1 is 1.26 bits per heavy atom. The lowest BCUT2D eigenvalue weighted by Crippen LogP contribution is -2.18. The molecule has 2 aromatic heterocycles. The number of benzene rings is 1.